The molecule has 206 valence electrons. The Bertz CT molecular complexity index is 1810. The third-order valence-electron chi connectivity index (χ3n) is 7.01. The zero-order valence-electron chi connectivity index (χ0n) is 23.3. The Morgan fingerprint density at radius 3 is 2.42 bits per heavy atom. The number of hydrogen-bond acceptors (Lipinski definition) is 7. The summed E-state index contributed by atoms with van der Waals surface area (Å²) in [7, 11) is 3.11. The lowest BCUT2D eigenvalue weighted by Gasteiger charge is -2.25. The molecular weight excluding hydrogens is 526 g/mol. The lowest BCUT2D eigenvalue weighted by atomic mass is 9.95. The third kappa shape index (κ3) is 4.66. The van der Waals surface area contributed by atoms with Crippen molar-refractivity contribution in [2.45, 2.75) is 33.7 Å². The van der Waals surface area contributed by atoms with Gasteiger partial charge in [-0.2, -0.15) is 0 Å². The smallest absolute Gasteiger partial charge is 0.338 e. The largest absolute Gasteiger partial charge is 0.493 e. The number of hydrogen-bond donors (Lipinski definition) is 0. The van der Waals surface area contributed by atoms with Gasteiger partial charge in [-0.3, -0.25) is 9.36 Å². The van der Waals surface area contributed by atoms with Crippen molar-refractivity contribution < 1.29 is 19.0 Å². The monoisotopic (exact) mass is 557 g/mol. The maximum Gasteiger partial charge on any atom is 0.338 e. The molecule has 9 heteroatoms. The molecule has 40 heavy (non-hydrogen) atoms. The number of benzene rings is 2. The Labute approximate surface area is 236 Å². The molecule has 0 unspecified atom stereocenters. The molecule has 0 amide bonds. The van der Waals surface area contributed by atoms with Crippen molar-refractivity contribution in [1.29, 1.82) is 0 Å². The number of ether oxygens (including phenoxy) is 3. The number of carbonyl (C=O) groups is 1. The van der Waals surface area contributed by atoms with Gasteiger partial charge in [0.25, 0.3) is 5.56 Å². The molecule has 0 fully saturated rings. The van der Waals surface area contributed by atoms with Gasteiger partial charge in [0.05, 0.1) is 42.7 Å². The van der Waals surface area contributed by atoms with Gasteiger partial charge in [-0.1, -0.05) is 35.6 Å². The molecule has 3 heterocycles. The number of methoxy groups -OCH3 is 2. The molecule has 1 aliphatic heterocycles. The van der Waals surface area contributed by atoms with Gasteiger partial charge in [0, 0.05) is 17.1 Å². The number of aromatic nitrogens is 2. The van der Waals surface area contributed by atoms with Crippen molar-refractivity contribution in [2.75, 3.05) is 20.8 Å². The number of carbonyl (C=O) groups excluding carboxylic acids is 1. The number of fused-ring (bicyclic) bond motifs is 1. The van der Waals surface area contributed by atoms with Crippen LogP contribution in [0.1, 0.15) is 42.4 Å². The van der Waals surface area contributed by atoms with E-state index in [4.69, 9.17) is 14.2 Å². The molecule has 0 aliphatic carbocycles. The second kappa shape index (κ2) is 11.0. The average molecular weight is 558 g/mol. The lowest BCUT2D eigenvalue weighted by Crippen LogP contribution is -2.40. The van der Waals surface area contributed by atoms with Crippen molar-refractivity contribution in [3.8, 4) is 17.2 Å². The maximum absolute atomic E-state index is 14.0. The molecule has 5 rings (SSSR count). The van der Waals surface area contributed by atoms with Crippen LogP contribution in [-0.2, 0) is 9.53 Å². The van der Waals surface area contributed by atoms with Crippen LogP contribution < -0.4 is 24.4 Å². The van der Waals surface area contributed by atoms with Gasteiger partial charge in [-0.25, -0.2) is 9.79 Å². The van der Waals surface area contributed by atoms with E-state index in [0.717, 1.165) is 22.6 Å². The van der Waals surface area contributed by atoms with E-state index in [-0.39, 0.29) is 12.2 Å². The van der Waals surface area contributed by atoms with E-state index in [1.807, 2.05) is 44.2 Å². The van der Waals surface area contributed by atoms with Crippen LogP contribution in [0.2, 0.25) is 0 Å². The minimum atomic E-state index is -0.742. The van der Waals surface area contributed by atoms with Crippen molar-refractivity contribution in [3.63, 3.8) is 0 Å². The SMILES string of the molecule is CCOC(=O)C1=C(C)N=c2s/c(=C/c3cc(C)n(-c4ccccc4)c3C)c(=O)n2[C@H]1c1ccc(OC)c(OC)c1. The second-order valence-corrected chi connectivity index (χ2v) is 10.4. The minimum absolute atomic E-state index is 0.204. The van der Waals surface area contributed by atoms with E-state index in [1.54, 1.807) is 44.8 Å². The fourth-order valence-corrected chi connectivity index (χ4v) is 6.22. The Morgan fingerprint density at radius 2 is 1.75 bits per heavy atom. The molecule has 0 saturated carbocycles. The number of para-hydroxylation sites is 1. The van der Waals surface area contributed by atoms with Crippen LogP contribution in [-0.4, -0.2) is 35.9 Å². The minimum Gasteiger partial charge on any atom is -0.493 e. The lowest BCUT2D eigenvalue weighted by molar-refractivity contribution is -0.139. The van der Waals surface area contributed by atoms with E-state index >= 15 is 0 Å². The highest BCUT2D eigenvalue weighted by Gasteiger charge is 2.34. The molecule has 2 aromatic heterocycles. The van der Waals surface area contributed by atoms with Crippen molar-refractivity contribution in [1.82, 2.24) is 9.13 Å². The van der Waals surface area contributed by atoms with E-state index in [2.05, 4.69) is 27.8 Å². The molecule has 0 bridgehead atoms. The molecule has 1 aliphatic rings. The summed E-state index contributed by atoms with van der Waals surface area (Å²) in [4.78, 5) is 32.4. The van der Waals surface area contributed by atoms with Gasteiger partial charge in [-0.15, -0.1) is 0 Å². The number of aryl methyl sites for hydroxylation is 1. The van der Waals surface area contributed by atoms with Gasteiger partial charge in [0.2, 0.25) is 0 Å². The number of rotatable bonds is 7. The van der Waals surface area contributed by atoms with E-state index in [0.29, 0.717) is 37.7 Å². The van der Waals surface area contributed by atoms with Crippen LogP contribution in [0, 0.1) is 13.8 Å². The average Bonchev–Trinajstić information content (AvgIpc) is 3.41. The molecular formula is C31H31N3O5S. The summed E-state index contributed by atoms with van der Waals surface area (Å²) in [6.07, 6.45) is 1.90. The fraction of sp³-hybridized carbons (Fsp3) is 0.258. The molecule has 2 aromatic carbocycles. The first-order chi connectivity index (χ1) is 19.3. The molecule has 0 spiro atoms. The number of esters is 1. The van der Waals surface area contributed by atoms with Crippen molar-refractivity contribution >= 4 is 23.4 Å². The number of nitrogens with zero attached hydrogens (tertiary/aromatic N) is 3. The molecule has 0 saturated heterocycles. The Morgan fingerprint density at radius 1 is 1.02 bits per heavy atom. The Kier molecular flexibility index (Phi) is 7.49. The van der Waals surface area contributed by atoms with E-state index in [1.165, 1.54) is 11.3 Å². The van der Waals surface area contributed by atoms with Gasteiger partial charge in [0.15, 0.2) is 16.3 Å². The van der Waals surface area contributed by atoms with Crippen LogP contribution in [0.15, 0.2) is 75.7 Å². The molecule has 1 atom stereocenters. The Hall–Kier alpha value is -4.37. The highest BCUT2D eigenvalue weighted by molar-refractivity contribution is 7.07. The van der Waals surface area contributed by atoms with Crippen LogP contribution in [0.25, 0.3) is 11.8 Å². The molecule has 0 radical (unpaired) electrons. The predicted octanol–water partition coefficient (Wildman–Crippen LogP) is 4.22. The van der Waals surface area contributed by atoms with Crippen LogP contribution in [0.4, 0.5) is 0 Å². The van der Waals surface area contributed by atoms with Gasteiger partial charge >= 0.3 is 5.97 Å². The topological polar surface area (TPSA) is 84.1 Å². The summed E-state index contributed by atoms with van der Waals surface area (Å²) in [5, 5.41) is 0. The van der Waals surface area contributed by atoms with Crippen LogP contribution in [0.5, 0.6) is 11.5 Å². The summed E-state index contributed by atoms with van der Waals surface area (Å²) < 4.78 is 20.6. The fourth-order valence-electron chi connectivity index (χ4n) is 5.18. The number of allylic oxidation sites excluding steroid dienone is 1. The molecule has 8 nitrogen and oxygen atoms in total. The summed E-state index contributed by atoms with van der Waals surface area (Å²) in [5.41, 5.74) is 5.36. The van der Waals surface area contributed by atoms with Gasteiger partial charge < -0.3 is 18.8 Å². The van der Waals surface area contributed by atoms with Gasteiger partial charge in [-0.05, 0) is 75.2 Å². The predicted molar refractivity (Wildman–Crippen MR) is 155 cm³/mol. The second-order valence-electron chi connectivity index (χ2n) is 9.41. The first-order valence-corrected chi connectivity index (χ1v) is 13.8. The maximum atomic E-state index is 14.0. The molecule has 4 aromatic rings. The van der Waals surface area contributed by atoms with Crippen molar-refractivity contribution in [3.05, 3.63) is 108 Å². The van der Waals surface area contributed by atoms with E-state index < -0.39 is 12.0 Å². The standard InChI is InChI=1S/C31H31N3O5S/c1-7-39-30(36)27-19(3)32-31-34(28(27)21-13-14-24(37-5)25(16-21)38-6)29(35)26(40-31)17-22-15-18(2)33(20(22)4)23-11-9-8-10-12-23/h8-17,28H,7H2,1-6H3/b26-17+/t28-/m0/s1. The summed E-state index contributed by atoms with van der Waals surface area (Å²) in [6, 6.07) is 16.8. The van der Waals surface area contributed by atoms with Gasteiger partial charge in [0.1, 0.15) is 0 Å². The van der Waals surface area contributed by atoms with Crippen molar-refractivity contribution in [2.24, 2.45) is 4.99 Å². The van der Waals surface area contributed by atoms with Crippen LogP contribution in [0.3, 0.4) is 0 Å². The van der Waals surface area contributed by atoms with Crippen LogP contribution >= 0.6 is 11.3 Å². The normalized spacial score (nSPS) is 15.1. The summed E-state index contributed by atoms with van der Waals surface area (Å²) in [6.45, 7) is 7.81. The quantitative estimate of drug-likeness (QED) is 0.318. The number of thiazole rings is 1. The first-order valence-electron chi connectivity index (χ1n) is 12.9. The first kappa shape index (κ1) is 27.2. The highest BCUT2D eigenvalue weighted by Crippen LogP contribution is 2.36. The van der Waals surface area contributed by atoms with E-state index in [9.17, 15) is 9.59 Å². The zero-order chi connectivity index (χ0) is 28.6. The summed E-state index contributed by atoms with van der Waals surface area (Å²) >= 11 is 1.30. The highest BCUT2D eigenvalue weighted by atomic mass is 32.1. The Balaban J connectivity index is 1.71. The molecule has 0 N–H and O–H groups in total. The summed E-state index contributed by atoms with van der Waals surface area (Å²) in [5.74, 6) is 0.531. The third-order valence-corrected chi connectivity index (χ3v) is 7.99. The zero-order valence-corrected chi connectivity index (χ0v) is 24.2.